The molecule has 124 valence electrons. The average molecular weight is 338 g/mol. The van der Waals surface area contributed by atoms with Crippen LogP contribution in [0.4, 0.5) is 10.1 Å². The van der Waals surface area contributed by atoms with Gasteiger partial charge in [-0.05, 0) is 23.8 Å². The van der Waals surface area contributed by atoms with Crippen LogP contribution in [0.1, 0.15) is 11.1 Å². The molecule has 7 heteroatoms. The van der Waals surface area contributed by atoms with Crippen LogP contribution in [-0.4, -0.2) is 16.8 Å². The Hall–Kier alpha value is -3.61. The molecule has 0 bridgehead atoms. The van der Waals surface area contributed by atoms with Gasteiger partial charge in [0.25, 0.3) is 5.69 Å². The Kier molecular flexibility index (Phi) is 4.47. The lowest BCUT2D eigenvalue weighted by atomic mass is 10.2. The van der Waals surface area contributed by atoms with Gasteiger partial charge >= 0.3 is 5.97 Å². The fourth-order valence-electron chi connectivity index (χ4n) is 2.15. The molecule has 6 nitrogen and oxygen atoms in total. The number of nitro benzene ring substituents is 1. The van der Waals surface area contributed by atoms with E-state index in [9.17, 15) is 19.3 Å². The van der Waals surface area contributed by atoms with E-state index in [0.29, 0.717) is 5.56 Å². The number of benzene rings is 2. The van der Waals surface area contributed by atoms with Crippen LogP contribution in [0.3, 0.4) is 0 Å². The van der Waals surface area contributed by atoms with E-state index in [4.69, 9.17) is 4.74 Å². The van der Waals surface area contributed by atoms with Crippen molar-refractivity contribution >= 4 is 29.7 Å². The number of hydrogen-bond acceptors (Lipinski definition) is 5. The molecule has 2 aromatic carbocycles. The number of carbonyl (C=O) groups is 1. The molecule has 1 aliphatic heterocycles. The molecule has 0 spiro atoms. The SMILES string of the molecule is O=C1OC(/C=C\c2cccc([N+](=O)[O-])c2)=NC/1=C/c1ccccc1F. The molecule has 0 saturated heterocycles. The molecule has 0 saturated carbocycles. The zero-order valence-corrected chi connectivity index (χ0v) is 12.8. The summed E-state index contributed by atoms with van der Waals surface area (Å²) in [5.74, 6) is -1.14. The molecule has 2 aromatic rings. The van der Waals surface area contributed by atoms with E-state index < -0.39 is 16.7 Å². The monoisotopic (exact) mass is 338 g/mol. The highest BCUT2D eigenvalue weighted by Crippen LogP contribution is 2.19. The fraction of sp³-hybridized carbons (Fsp3) is 0. The van der Waals surface area contributed by atoms with Gasteiger partial charge in [0.1, 0.15) is 5.82 Å². The summed E-state index contributed by atoms with van der Waals surface area (Å²) in [6, 6.07) is 11.9. The van der Waals surface area contributed by atoms with Crippen molar-refractivity contribution in [2.45, 2.75) is 0 Å². The van der Waals surface area contributed by atoms with Crippen molar-refractivity contribution in [1.82, 2.24) is 0 Å². The standard InChI is InChI=1S/C18H11FN2O4/c19-15-7-2-1-5-13(15)11-16-18(22)25-17(20-16)9-8-12-4-3-6-14(10-12)21(23)24/h1-11H/b9-8-,16-11+. The maximum atomic E-state index is 13.6. The number of aliphatic imine (C=N–C) groups is 1. The zero-order chi connectivity index (χ0) is 17.8. The van der Waals surface area contributed by atoms with E-state index in [1.54, 1.807) is 24.3 Å². The van der Waals surface area contributed by atoms with Crippen LogP contribution in [0, 0.1) is 15.9 Å². The summed E-state index contributed by atoms with van der Waals surface area (Å²) in [4.78, 5) is 26.1. The molecule has 0 fully saturated rings. The van der Waals surface area contributed by atoms with E-state index in [-0.39, 0.29) is 22.8 Å². The molecule has 1 aliphatic rings. The van der Waals surface area contributed by atoms with Crippen molar-refractivity contribution in [2.24, 2.45) is 4.99 Å². The summed E-state index contributed by atoms with van der Waals surface area (Å²) in [6.07, 6.45) is 4.25. The molecular formula is C18H11FN2O4. The van der Waals surface area contributed by atoms with Gasteiger partial charge in [-0.15, -0.1) is 0 Å². The van der Waals surface area contributed by atoms with Gasteiger partial charge in [0.2, 0.25) is 5.90 Å². The van der Waals surface area contributed by atoms with Crippen molar-refractivity contribution < 1.29 is 18.8 Å². The lowest BCUT2D eigenvalue weighted by Gasteiger charge is -1.95. The van der Waals surface area contributed by atoms with Crippen LogP contribution in [0.2, 0.25) is 0 Å². The topological polar surface area (TPSA) is 81.8 Å². The summed E-state index contributed by atoms with van der Waals surface area (Å²) in [5, 5.41) is 10.8. The highest BCUT2D eigenvalue weighted by molar-refractivity contribution is 6.11. The summed E-state index contributed by atoms with van der Waals surface area (Å²) < 4.78 is 18.6. The second-order valence-electron chi connectivity index (χ2n) is 5.08. The molecule has 0 unspecified atom stereocenters. The summed E-state index contributed by atoms with van der Waals surface area (Å²) in [6.45, 7) is 0. The van der Waals surface area contributed by atoms with Gasteiger partial charge < -0.3 is 4.74 Å². The molecule has 25 heavy (non-hydrogen) atoms. The summed E-state index contributed by atoms with van der Waals surface area (Å²) in [7, 11) is 0. The number of rotatable bonds is 4. The van der Waals surface area contributed by atoms with Crippen LogP contribution in [0.15, 0.2) is 65.3 Å². The van der Waals surface area contributed by atoms with Gasteiger partial charge in [-0.3, -0.25) is 10.1 Å². The number of non-ortho nitro benzene ring substituents is 1. The van der Waals surface area contributed by atoms with Crippen molar-refractivity contribution in [3.05, 3.63) is 87.4 Å². The number of nitro groups is 1. The average Bonchev–Trinajstić information content (AvgIpc) is 2.95. The lowest BCUT2D eigenvalue weighted by Crippen LogP contribution is -2.01. The first-order valence-corrected chi connectivity index (χ1v) is 7.22. The minimum Gasteiger partial charge on any atom is -0.403 e. The van der Waals surface area contributed by atoms with Crippen molar-refractivity contribution in [2.75, 3.05) is 0 Å². The number of carbonyl (C=O) groups excluding carboxylic acids is 1. The minimum absolute atomic E-state index is 0.0243. The van der Waals surface area contributed by atoms with Crippen LogP contribution in [0.25, 0.3) is 12.2 Å². The fourth-order valence-corrected chi connectivity index (χ4v) is 2.15. The summed E-state index contributed by atoms with van der Waals surface area (Å²) >= 11 is 0. The first-order chi connectivity index (χ1) is 12.0. The maximum Gasteiger partial charge on any atom is 0.363 e. The van der Waals surface area contributed by atoms with Gasteiger partial charge in [0.05, 0.1) is 4.92 Å². The van der Waals surface area contributed by atoms with Gasteiger partial charge in [0, 0.05) is 23.8 Å². The summed E-state index contributed by atoms with van der Waals surface area (Å²) in [5.41, 5.74) is 0.707. The molecule has 0 aliphatic carbocycles. The number of nitrogens with zero attached hydrogens (tertiary/aromatic N) is 2. The lowest BCUT2D eigenvalue weighted by molar-refractivity contribution is -0.384. The van der Waals surface area contributed by atoms with Crippen LogP contribution in [0.5, 0.6) is 0 Å². The Morgan fingerprint density at radius 3 is 2.68 bits per heavy atom. The van der Waals surface area contributed by atoms with Gasteiger partial charge in [-0.25, -0.2) is 14.2 Å². The Morgan fingerprint density at radius 1 is 1.12 bits per heavy atom. The molecular weight excluding hydrogens is 327 g/mol. The van der Waals surface area contributed by atoms with Crippen molar-refractivity contribution in [3.8, 4) is 0 Å². The number of cyclic esters (lactones) is 1. The number of esters is 1. The predicted octanol–water partition coefficient (Wildman–Crippen LogP) is 3.74. The van der Waals surface area contributed by atoms with Gasteiger partial charge in [0.15, 0.2) is 5.70 Å². The molecule has 0 radical (unpaired) electrons. The van der Waals surface area contributed by atoms with Crippen molar-refractivity contribution in [1.29, 1.82) is 0 Å². The third-order valence-corrected chi connectivity index (χ3v) is 3.33. The number of hydrogen-bond donors (Lipinski definition) is 0. The van der Waals surface area contributed by atoms with E-state index in [1.807, 2.05) is 0 Å². The molecule has 0 atom stereocenters. The van der Waals surface area contributed by atoms with Crippen molar-refractivity contribution in [3.63, 3.8) is 0 Å². The molecule has 3 rings (SSSR count). The van der Waals surface area contributed by atoms with Gasteiger partial charge in [-0.1, -0.05) is 30.3 Å². The number of halogens is 1. The van der Waals surface area contributed by atoms with E-state index in [1.165, 1.54) is 42.5 Å². The van der Waals surface area contributed by atoms with Crippen LogP contribution >= 0.6 is 0 Å². The largest absolute Gasteiger partial charge is 0.403 e. The van der Waals surface area contributed by atoms with E-state index >= 15 is 0 Å². The van der Waals surface area contributed by atoms with E-state index in [2.05, 4.69) is 4.99 Å². The normalized spacial score (nSPS) is 15.5. The third kappa shape index (κ3) is 3.84. The van der Waals surface area contributed by atoms with Gasteiger partial charge in [-0.2, -0.15) is 0 Å². The quantitative estimate of drug-likeness (QED) is 0.368. The highest BCUT2D eigenvalue weighted by Gasteiger charge is 2.21. The Labute approximate surface area is 141 Å². The second-order valence-corrected chi connectivity index (χ2v) is 5.08. The number of ether oxygens (including phenoxy) is 1. The first kappa shape index (κ1) is 16.3. The first-order valence-electron chi connectivity index (χ1n) is 7.22. The highest BCUT2D eigenvalue weighted by atomic mass is 19.1. The molecule has 1 heterocycles. The maximum absolute atomic E-state index is 13.6. The molecule has 0 aromatic heterocycles. The Balaban J connectivity index is 1.82. The zero-order valence-electron chi connectivity index (χ0n) is 12.8. The van der Waals surface area contributed by atoms with Crippen LogP contribution in [-0.2, 0) is 9.53 Å². The van der Waals surface area contributed by atoms with E-state index in [0.717, 1.165) is 0 Å². The Morgan fingerprint density at radius 2 is 1.92 bits per heavy atom. The predicted molar refractivity (Wildman–Crippen MR) is 90.0 cm³/mol. The second kappa shape index (κ2) is 6.88. The molecule has 0 amide bonds. The smallest absolute Gasteiger partial charge is 0.363 e. The van der Waals surface area contributed by atoms with Crippen LogP contribution < -0.4 is 0 Å². The minimum atomic E-state index is -0.693. The Bertz CT molecular complexity index is 948. The molecule has 0 N–H and O–H groups in total. The third-order valence-electron chi connectivity index (χ3n) is 3.33.